The molecule has 0 fully saturated rings. The summed E-state index contributed by atoms with van der Waals surface area (Å²) in [4.78, 5) is 9.52. The molecule has 0 spiro atoms. The molecule has 0 amide bonds. The molecule has 1 aliphatic rings. The van der Waals surface area contributed by atoms with Crippen molar-refractivity contribution < 1.29 is 29.7 Å². The molecule has 0 bridgehead atoms. The third kappa shape index (κ3) is 8.23. The summed E-state index contributed by atoms with van der Waals surface area (Å²) in [6, 6.07) is 9.49. The van der Waals surface area contributed by atoms with Crippen LogP contribution in [-0.2, 0) is 20.1 Å². The van der Waals surface area contributed by atoms with Crippen molar-refractivity contribution in [3.63, 3.8) is 0 Å². The minimum atomic E-state index is -0.980. The number of rotatable bonds is 4. The van der Waals surface area contributed by atoms with Gasteiger partial charge >= 0.3 is 20.1 Å². The maximum absolute atomic E-state index is 8.43. The number of aromatic nitrogens is 2. The van der Waals surface area contributed by atoms with Gasteiger partial charge in [-0.1, -0.05) is 68.1 Å². The second-order valence-corrected chi connectivity index (χ2v) is 8.61. The third-order valence-electron chi connectivity index (χ3n) is 4.80. The van der Waals surface area contributed by atoms with Crippen molar-refractivity contribution >= 4 is 37.9 Å². The Morgan fingerprint density at radius 2 is 2.14 bits per heavy atom. The number of benzene rings is 1. The fraction of sp³-hybridized carbons (Fsp3) is 0.161. The van der Waals surface area contributed by atoms with Gasteiger partial charge in [-0.2, -0.15) is 17.6 Å². The topological polar surface area (TPSA) is 48.1 Å². The molecule has 0 saturated carbocycles. The Labute approximate surface area is 242 Å². The van der Waals surface area contributed by atoms with E-state index in [9.17, 15) is 0 Å². The molecule has 0 saturated heterocycles. The SMILES string of the molecule is C1=C[CH-]CC=C1.[2H]/C(C=[N-])=C(\[2H])C(=C)C([2H])(C)C.[2H]c1nc(-c2[c-]ccc3c2sc2nc(C)ccc23)c([2H])c([2H])c1[2H].[Ir+3]. The standard InChI is InChI=1S/C17H11N2S.C8H12N.C6H7.Ir/c1-11-8-9-13-12-5-4-6-14(15-7-2-3-10-18-15)16(12)20-17(13)19-11;1-7(2)8(3)5-4-6-9;1-2-4-6-5-3-1;/h2-5,7-10H,1H3;4-7H,3H2,1-2H3;1-5H,6H2;/q3*-1;+3/b;5-4-;;/i2D,3D,7D,10D;4D,5D,7D;;. The molecule has 0 N–H and O–H groups in total. The zero-order chi connectivity index (χ0) is 31.2. The molecule has 5 rings (SSSR count). The molecule has 3 nitrogen and oxygen atoms in total. The van der Waals surface area contributed by atoms with Gasteiger partial charge in [0.1, 0.15) is 4.83 Å². The summed E-state index contributed by atoms with van der Waals surface area (Å²) in [7, 11) is 0. The van der Waals surface area contributed by atoms with E-state index in [1.165, 1.54) is 11.3 Å². The van der Waals surface area contributed by atoms with E-state index in [2.05, 4.69) is 47.3 Å². The molecule has 3 heterocycles. The number of fused-ring (bicyclic) bond motifs is 3. The first-order valence-electron chi connectivity index (χ1n) is 14.4. The Bertz CT molecular complexity index is 1730. The van der Waals surface area contributed by atoms with Crippen LogP contribution in [0.3, 0.4) is 0 Å². The van der Waals surface area contributed by atoms with Gasteiger partial charge in [0.2, 0.25) is 0 Å². The number of hydrogen-bond donors (Lipinski definition) is 0. The van der Waals surface area contributed by atoms with Crippen LogP contribution in [0.25, 0.3) is 37.0 Å². The van der Waals surface area contributed by atoms with E-state index >= 15 is 0 Å². The predicted octanol–water partition coefficient (Wildman–Crippen LogP) is 8.72. The summed E-state index contributed by atoms with van der Waals surface area (Å²) in [6.07, 6.45) is 11.7. The molecule has 0 aliphatic heterocycles. The van der Waals surface area contributed by atoms with Gasteiger partial charge in [0.05, 0.1) is 8.22 Å². The first kappa shape index (κ1) is 20.0. The van der Waals surface area contributed by atoms with Crippen molar-refractivity contribution in [2.45, 2.75) is 27.2 Å². The minimum absolute atomic E-state index is 0. The number of allylic oxidation sites excluding steroid dienone is 7. The second kappa shape index (κ2) is 15.1. The summed E-state index contributed by atoms with van der Waals surface area (Å²) in [5.74, 6) is -0.980. The normalized spacial score (nSPS) is 15.4. The first-order chi connectivity index (χ1) is 19.8. The molecule has 0 unspecified atom stereocenters. The molecule has 184 valence electrons. The van der Waals surface area contributed by atoms with Crippen molar-refractivity contribution in [2.75, 3.05) is 0 Å². The van der Waals surface area contributed by atoms with E-state index in [1.54, 1.807) is 19.9 Å². The number of hydrogen-bond acceptors (Lipinski definition) is 3. The molecule has 1 aromatic carbocycles. The molecule has 36 heavy (non-hydrogen) atoms. The van der Waals surface area contributed by atoms with Gasteiger partial charge in [-0.25, -0.2) is 23.6 Å². The number of aryl methyl sites for hydroxylation is 1. The predicted molar refractivity (Wildman–Crippen MR) is 154 cm³/mol. The molecular formula is C31H30IrN3S. The molecule has 3 aromatic heterocycles. The average molecular weight is 676 g/mol. The van der Waals surface area contributed by atoms with Gasteiger partial charge in [-0.05, 0) is 40.7 Å². The third-order valence-corrected chi connectivity index (χ3v) is 5.93. The summed E-state index contributed by atoms with van der Waals surface area (Å²) < 4.78 is 54.2. The van der Waals surface area contributed by atoms with E-state index in [0.717, 1.165) is 32.4 Å². The molecule has 0 atom stereocenters. The molecule has 5 heteroatoms. The Kier molecular flexibility index (Phi) is 8.39. The van der Waals surface area contributed by atoms with Crippen LogP contribution in [0.1, 0.15) is 35.6 Å². The summed E-state index contributed by atoms with van der Waals surface area (Å²) in [5.41, 5.74) is 1.95. The van der Waals surface area contributed by atoms with E-state index in [1.807, 2.05) is 31.2 Å². The van der Waals surface area contributed by atoms with Crippen LogP contribution in [0.2, 0.25) is 0 Å². The Balaban J connectivity index is 0.000000284. The van der Waals surface area contributed by atoms with Gasteiger partial charge in [-0.3, -0.25) is 0 Å². The van der Waals surface area contributed by atoms with Crippen molar-refractivity contribution in [3.05, 3.63) is 121 Å². The number of nitrogens with zero attached hydrogens (tertiary/aromatic N) is 3. The van der Waals surface area contributed by atoms with E-state index in [4.69, 9.17) is 15.0 Å². The Morgan fingerprint density at radius 1 is 1.31 bits per heavy atom. The summed E-state index contributed by atoms with van der Waals surface area (Å²) in [5, 5.41) is 10.4. The smallest absolute Gasteiger partial charge is 0.811 e. The van der Waals surface area contributed by atoms with Crippen LogP contribution in [0, 0.1) is 25.3 Å². The Morgan fingerprint density at radius 3 is 2.78 bits per heavy atom. The van der Waals surface area contributed by atoms with E-state index in [-0.39, 0.29) is 67.8 Å². The monoisotopic (exact) mass is 676 g/mol. The van der Waals surface area contributed by atoms with Gasteiger partial charge in [0.25, 0.3) is 0 Å². The van der Waals surface area contributed by atoms with Gasteiger partial charge < -0.3 is 10.4 Å². The molecule has 1 aliphatic carbocycles. The van der Waals surface area contributed by atoms with Crippen molar-refractivity contribution in [1.82, 2.24) is 9.97 Å². The first-order valence-corrected chi connectivity index (χ1v) is 11.7. The second-order valence-electron chi connectivity index (χ2n) is 7.61. The van der Waals surface area contributed by atoms with Crippen molar-refractivity contribution in [3.8, 4) is 11.3 Å². The number of pyridine rings is 2. The average Bonchev–Trinajstić information content (AvgIpc) is 3.35. The van der Waals surface area contributed by atoms with Gasteiger partial charge in [-0.15, -0.1) is 35.9 Å². The number of thiophene rings is 1. The van der Waals surface area contributed by atoms with Crippen LogP contribution in [0.15, 0.2) is 97.1 Å². The molecular weight excluding hydrogens is 639 g/mol. The maximum Gasteiger partial charge on any atom is 3.00 e. The van der Waals surface area contributed by atoms with Crippen LogP contribution in [0.4, 0.5) is 0 Å². The van der Waals surface area contributed by atoms with E-state index in [0.29, 0.717) is 11.8 Å². The molecule has 0 radical (unpaired) electrons. The molecule has 4 aromatic rings. The van der Waals surface area contributed by atoms with Gasteiger partial charge in [0.15, 0.2) is 0 Å². The van der Waals surface area contributed by atoms with Crippen LogP contribution in [0.5, 0.6) is 0 Å². The van der Waals surface area contributed by atoms with Crippen LogP contribution in [-0.4, -0.2) is 16.2 Å². The summed E-state index contributed by atoms with van der Waals surface area (Å²) in [6.45, 7) is 8.60. The largest absolute Gasteiger partial charge is 3.00 e. The van der Waals surface area contributed by atoms with Crippen LogP contribution >= 0.6 is 11.3 Å². The fourth-order valence-electron chi connectivity index (χ4n) is 2.94. The van der Waals surface area contributed by atoms with Crippen molar-refractivity contribution in [2.24, 2.45) is 5.89 Å². The quantitative estimate of drug-likeness (QED) is 0.123. The zero-order valence-electron chi connectivity index (χ0n) is 27.3. The van der Waals surface area contributed by atoms with Crippen LogP contribution < -0.4 is 0 Å². The minimum Gasteiger partial charge on any atom is -0.811 e. The fourth-order valence-corrected chi connectivity index (χ4v) is 4.16. The zero-order valence-corrected chi connectivity index (χ0v) is 23.5. The van der Waals surface area contributed by atoms with Gasteiger partial charge in [0, 0.05) is 13.2 Å². The Hall–Kier alpha value is -3.11. The van der Waals surface area contributed by atoms with Crippen molar-refractivity contribution in [1.29, 1.82) is 0 Å². The maximum atomic E-state index is 8.43. The van der Waals surface area contributed by atoms with E-state index < -0.39 is 5.89 Å². The summed E-state index contributed by atoms with van der Waals surface area (Å²) >= 11 is 1.49.